The maximum Gasteiger partial charge on any atom is 0.318 e. The first-order valence-corrected chi connectivity index (χ1v) is 12.7. The molecule has 12 nitrogen and oxygen atoms in total. The van der Waals surface area contributed by atoms with E-state index in [1.807, 2.05) is 33.0 Å². The molecule has 0 amide bonds. The number of aromatic nitrogens is 8. The van der Waals surface area contributed by atoms with Crippen LogP contribution in [0.5, 0.6) is 6.01 Å². The van der Waals surface area contributed by atoms with Gasteiger partial charge in [0.15, 0.2) is 5.82 Å². The predicted molar refractivity (Wildman–Crippen MR) is 139 cm³/mol. The highest BCUT2D eigenvalue weighted by atomic mass is 16.5. The van der Waals surface area contributed by atoms with Crippen LogP contribution in [0.4, 0.5) is 5.69 Å². The smallest absolute Gasteiger partial charge is 0.318 e. The summed E-state index contributed by atoms with van der Waals surface area (Å²) in [7, 11) is 1.81. The van der Waals surface area contributed by atoms with Crippen LogP contribution >= 0.6 is 0 Å². The third kappa shape index (κ3) is 5.63. The number of rotatable bonds is 9. The van der Waals surface area contributed by atoms with Gasteiger partial charge in [0.25, 0.3) is 0 Å². The molecular weight excluding hydrogens is 486 g/mol. The third-order valence-corrected chi connectivity index (χ3v) is 6.56. The molecular formula is C26H31N9O3. The number of carbonyl (C=O) groups is 1. The van der Waals surface area contributed by atoms with Gasteiger partial charge in [-0.3, -0.25) is 4.79 Å². The Hall–Kier alpha value is -4.35. The number of nitrogens with zero attached hydrogens (tertiary/aromatic N) is 9. The van der Waals surface area contributed by atoms with E-state index in [9.17, 15) is 4.79 Å². The number of piperidine rings is 1. The van der Waals surface area contributed by atoms with Gasteiger partial charge in [-0.2, -0.15) is 10.1 Å². The zero-order valence-electron chi connectivity index (χ0n) is 21.8. The molecule has 0 aliphatic carbocycles. The molecule has 1 atom stereocenters. The summed E-state index contributed by atoms with van der Waals surface area (Å²) in [5, 5.41) is 12.7. The van der Waals surface area contributed by atoms with Crippen LogP contribution in [0.3, 0.4) is 0 Å². The number of hydrogen-bond donors (Lipinski definition) is 0. The van der Waals surface area contributed by atoms with Crippen molar-refractivity contribution in [1.29, 1.82) is 0 Å². The van der Waals surface area contributed by atoms with Crippen LogP contribution in [0.1, 0.15) is 37.6 Å². The van der Waals surface area contributed by atoms with Crippen molar-refractivity contribution in [1.82, 2.24) is 39.7 Å². The highest BCUT2D eigenvalue weighted by molar-refractivity contribution is 5.70. The van der Waals surface area contributed by atoms with Gasteiger partial charge < -0.3 is 14.4 Å². The first kappa shape index (κ1) is 25.3. The van der Waals surface area contributed by atoms with Crippen molar-refractivity contribution in [3.63, 3.8) is 0 Å². The van der Waals surface area contributed by atoms with Gasteiger partial charge in [0.1, 0.15) is 18.0 Å². The number of hydrogen-bond acceptors (Lipinski definition) is 10. The largest absolute Gasteiger partial charge is 0.466 e. The zero-order valence-corrected chi connectivity index (χ0v) is 21.8. The van der Waals surface area contributed by atoms with Crippen LogP contribution in [0.15, 0.2) is 42.9 Å². The number of anilines is 1. The Labute approximate surface area is 220 Å². The Morgan fingerprint density at radius 2 is 2.08 bits per heavy atom. The summed E-state index contributed by atoms with van der Waals surface area (Å²) in [5.41, 5.74) is 4.07. The molecule has 0 saturated carbocycles. The third-order valence-electron chi connectivity index (χ3n) is 6.56. The molecule has 38 heavy (non-hydrogen) atoms. The Morgan fingerprint density at radius 1 is 1.18 bits per heavy atom. The highest BCUT2D eigenvalue weighted by Gasteiger charge is 2.25. The first-order chi connectivity index (χ1) is 18.5. The minimum absolute atomic E-state index is 0.125. The van der Waals surface area contributed by atoms with Crippen LogP contribution in [0.25, 0.3) is 17.2 Å². The molecule has 1 aliphatic rings. The maximum atomic E-state index is 12.0. The number of pyridine rings is 1. The lowest BCUT2D eigenvalue weighted by molar-refractivity contribution is -0.144. The molecule has 4 aromatic rings. The number of aryl methyl sites for hydroxylation is 2. The van der Waals surface area contributed by atoms with E-state index >= 15 is 0 Å². The summed E-state index contributed by atoms with van der Waals surface area (Å²) in [5.74, 6) is 0.763. The Bertz CT molecular complexity index is 1390. The Morgan fingerprint density at radius 3 is 2.87 bits per heavy atom. The van der Waals surface area contributed by atoms with E-state index in [1.54, 1.807) is 34.0 Å². The van der Waals surface area contributed by atoms with Gasteiger partial charge in [0, 0.05) is 44.8 Å². The number of carbonyl (C=O) groups excluding carboxylic acids is 1. The maximum absolute atomic E-state index is 12.0. The molecule has 0 bridgehead atoms. The van der Waals surface area contributed by atoms with Crippen LogP contribution in [0, 0.1) is 12.8 Å². The van der Waals surface area contributed by atoms with Gasteiger partial charge in [0.2, 0.25) is 0 Å². The molecule has 198 valence electrons. The predicted octanol–water partition coefficient (Wildman–Crippen LogP) is 2.91. The van der Waals surface area contributed by atoms with Gasteiger partial charge in [-0.15, -0.1) is 5.10 Å². The molecule has 0 radical (unpaired) electrons. The number of ether oxygens (including phenoxy) is 2. The van der Waals surface area contributed by atoms with Gasteiger partial charge in [-0.25, -0.2) is 19.3 Å². The van der Waals surface area contributed by atoms with Crippen LogP contribution in [0.2, 0.25) is 0 Å². The molecule has 1 fully saturated rings. The summed E-state index contributed by atoms with van der Waals surface area (Å²) in [6, 6.07) is 7.84. The van der Waals surface area contributed by atoms with E-state index in [2.05, 4.69) is 36.3 Å². The lowest BCUT2D eigenvalue weighted by atomic mass is 9.94. The Balaban J connectivity index is 1.30. The normalized spacial score (nSPS) is 15.4. The average molecular weight is 518 g/mol. The van der Waals surface area contributed by atoms with Crippen LogP contribution in [-0.4, -0.2) is 65.4 Å². The quantitative estimate of drug-likeness (QED) is 0.306. The highest BCUT2D eigenvalue weighted by Crippen LogP contribution is 2.29. The van der Waals surface area contributed by atoms with Crippen molar-refractivity contribution < 1.29 is 14.3 Å². The van der Waals surface area contributed by atoms with Crippen LogP contribution < -0.4 is 9.64 Å². The van der Waals surface area contributed by atoms with Crippen molar-refractivity contribution in [3.05, 3.63) is 54.2 Å². The minimum atomic E-state index is -0.125. The van der Waals surface area contributed by atoms with E-state index in [-0.39, 0.29) is 24.5 Å². The molecule has 4 aromatic heterocycles. The molecule has 0 N–H and O–H groups in total. The van der Waals surface area contributed by atoms with Crippen molar-refractivity contribution in [2.45, 2.75) is 39.7 Å². The van der Waals surface area contributed by atoms with E-state index in [1.165, 1.54) is 0 Å². The molecule has 0 aromatic carbocycles. The molecule has 1 aliphatic heterocycles. The van der Waals surface area contributed by atoms with Crippen molar-refractivity contribution >= 4 is 11.7 Å². The first-order valence-electron chi connectivity index (χ1n) is 12.7. The van der Waals surface area contributed by atoms with Crippen molar-refractivity contribution in [2.24, 2.45) is 13.0 Å². The molecule has 1 saturated heterocycles. The monoisotopic (exact) mass is 517 g/mol. The van der Waals surface area contributed by atoms with Crippen molar-refractivity contribution in [3.8, 4) is 23.2 Å². The van der Waals surface area contributed by atoms with E-state index in [0.717, 1.165) is 43.0 Å². The average Bonchev–Trinajstić information content (AvgIpc) is 3.58. The van der Waals surface area contributed by atoms with Gasteiger partial charge in [-0.1, -0.05) is 5.21 Å². The SMILES string of the molecule is CCOC(=O)C[C@H]1CCCN(c2ccc(-c3nnn(C)c3COc3nccc(-n4cccn4)n3)nc2C)C1. The molecule has 0 spiro atoms. The lowest BCUT2D eigenvalue weighted by Gasteiger charge is -2.34. The Kier molecular flexibility index (Phi) is 7.57. The fourth-order valence-electron chi connectivity index (χ4n) is 4.73. The fourth-order valence-corrected chi connectivity index (χ4v) is 4.73. The summed E-state index contributed by atoms with van der Waals surface area (Å²) >= 11 is 0. The summed E-state index contributed by atoms with van der Waals surface area (Å²) < 4.78 is 14.4. The van der Waals surface area contributed by atoms with Gasteiger partial charge in [0.05, 0.1) is 30.1 Å². The number of esters is 1. The van der Waals surface area contributed by atoms with E-state index in [4.69, 9.17) is 14.5 Å². The summed E-state index contributed by atoms with van der Waals surface area (Å²) in [6.07, 6.45) is 7.62. The second-order valence-corrected chi connectivity index (χ2v) is 9.21. The van der Waals surface area contributed by atoms with E-state index in [0.29, 0.717) is 30.2 Å². The summed E-state index contributed by atoms with van der Waals surface area (Å²) in [4.78, 5) is 27.8. The fraction of sp³-hybridized carbons (Fsp3) is 0.423. The standard InChI is InChI=1S/C26H31N9O3/c1-4-37-24(36)15-19-7-5-13-34(16-19)21-9-8-20(29-18(21)2)25-22(33(3)32-31-25)17-38-26-27-12-10-23(30-26)35-14-6-11-28-35/h6,8-12,14,19H,4-5,7,13,15-17H2,1-3H3/t19-/m1/s1. The zero-order chi connectivity index (χ0) is 26.5. The second-order valence-electron chi connectivity index (χ2n) is 9.21. The van der Waals surface area contributed by atoms with Crippen LogP contribution in [-0.2, 0) is 23.2 Å². The molecule has 5 heterocycles. The minimum Gasteiger partial charge on any atom is -0.466 e. The topological polar surface area (TPSA) is 126 Å². The molecule has 0 unspecified atom stereocenters. The van der Waals surface area contributed by atoms with Gasteiger partial charge >= 0.3 is 12.0 Å². The summed E-state index contributed by atoms with van der Waals surface area (Å²) in [6.45, 7) is 6.16. The second kappa shape index (κ2) is 11.4. The molecule has 5 rings (SSSR count). The van der Waals surface area contributed by atoms with Gasteiger partial charge in [-0.05, 0) is 50.8 Å². The lowest BCUT2D eigenvalue weighted by Crippen LogP contribution is -2.37. The molecule has 12 heteroatoms. The van der Waals surface area contributed by atoms with Crippen molar-refractivity contribution in [2.75, 3.05) is 24.6 Å². The van der Waals surface area contributed by atoms with E-state index < -0.39 is 0 Å².